The number of carbonyl (C=O) groups is 1. The van der Waals surface area contributed by atoms with Gasteiger partial charge in [0, 0.05) is 22.0 Å². The van der Waals surface area contributed by atoms with Gasteiger partial charge in [0.1, 0.15) is 22.8 Å². The molecule has 0 unspecified atom stereocenters. The summed E-state index contributed by atoms with van der Waals surface area (Å²) in [6.45, 7) is 0. The summed E-state index contributed by atoms with van der Waals surface area (Å²) in [6, 6.07) is 13.1. The Labute approximate surface area is 180 Å². The maximum absolute atomic E-state index is 13.0. The molecule has 0 radical (unpaired) electrons. The number of halogens is 1. The molecule has 2 aromatic carbocycles. The number of carbonyl (C=O) groups excluding carboxylic acids is 1. The minimum atomic E-state index is -3.77. The summed E-state index contributed by atoms with van der Waals surface area (Å²) in [5.41, 5.74) is 2.14. The number of rotatable bonds is 4. The minimum absolute atomic E-state index is 0.0125. The van der Waals surface area contributed by atoms with Crippen molar-refractivity contribution in [1.82, 2.24) is 15.0 Å². The molecule has 10 heteroatoms. The number of benzene rings is 2. The van der Waals surface area contributed by atoms with Gasteiger partial charge >= 0.3 is 0 Å². The molecule has 0 fully saturated rings. The van der Waals surface area contributed by atoms with Crippen molar-refractivity contribution in [3.8, 4) is 0 Å². The van der Waals surface area contributed by atoms with E-state index in [-0.39, 0.29) is 15.0 Å². The summed E-state index contributed by atoms with van der Waals surface area (Å²) >= 11 is 7.08. The Kier molecular flexibility index (Phi) is 4.53. The number of thioether (sulfide) groups is 1. The Morgan fingerprint density at radius 3 is 2.67 bits per heavy atom. The Hall–Kier alpha value is -2.88. The first kappa shape index (κ1) is 19.1. The average molecular weight is 457 g/mol. The zero-order valence-corrected chi connectivity index (χ0v) is 17.6. The average Bonchev–Trinajstić information content (AvgIpc) is 3.32. The molecule has 3 heterocycles. The van der Waals surface area contributed by atoms with Crippen molar-refractivity contribution in [2.24, 2.45) is 0 Å². The van der Waals surface area contributed by atoms with Gasteiger partial charge in [-0.3, -0.25) is 4.79 Å². The van der Waals surface area contributed by atoms with E-state index >= 15 is 0 Å². The largest absolute Gasteiger partial charge is 0.340 e. The van der Waals surface area contributed by atoms with Crippen molar-refractivity contribution in [3.05, 3.63) is 65.4 Å². The van der Waals surface area contributed by atoms with Gasteiger partial charge in [0.05, 0.1) is 10.3 Å². The lowest BCUT2D eigenvalue weighted by molar-refractivity contribution is -0.110. The van der Waals surface area contributed by atoms with Crippen molar-refractivity contribution >= 4 is 60.9 Å². The van der Waals surface area contributed by atoms with Crippen LogP contribution in [0.4, 0.5) is 11.5 Å². The molecule has 0 amide bonds. The number of aromatic nitrogens is 3. The van der Waals surface area contributed by atoms with Crippen LogP contribution in [0, 0.1) is 0 Å². The SMILES string of the molecule is O=C1Cc2ccc(Nc3ncnc4[nH]c(S(=O)(=O)c5ccc(Cl)cc5)cc34)cc2S1. The highest BCUT2D eigenvalue weighted by Crippen LogP contribution is 2.36. The normalized spacial score (nSPS) is 13.6. The third-order valence-corrected chi connectivity index (χ3v) is 7.62. The molecular weight excluding hydrogens is 444 g/mol. The van der Waals surface area contributed by atoms with Crippen LogP contribution < -0.4 is 5.32 Å². The molecule has 7 nitrogen and oxygen atoms in total. The summed E-state index contributed by atoms with van der Waals surface area (Å²) in [7, 11) is -3.77. The van der Waals surface area contributed by atoms with Gasteiger partial charge in [-0.05, 0) is 48.0 Å². The molecule has 2 aromatic heterocycles. The molecule has 0 aliphatic carbocycles. The van der Waals surface area contributed by atoms with Crippen LogP contribution in [0.1, 0.15) is 5.56 Å². The summed E-state index contributed by atoms with van der Waals surface area (Å²) in [6.07, 6.45) is 1.78. The zero-order valence-electron chi connectivity index (χ0n) is 15.2. The van der Waals surface area contributed by atoms with Gasteiger partial charge in [-0.2, -0.15) is 0 Å². The molecule has 0 saturated heterocycles. The standard InChI is InChI=1S/C20H13ClN4O3S2/c21-12-2-5-14(6-3-12)30(27,28)17-9-15-19(22-10-23-20(15)25-17)24-13-4-1-11-7-18(26)29-16(11)8-13/h1-6,8-10H,7H2,(H2,22,23,24,25). The van der Waals surface area contributed by atoms with E-state index in [2.05, 4.69) is 20.3 Å². The second kappa shape index (κ2) is 7.12. The summed E-state index contributed by atoms with van der Waals surface area (Å²) in [5.74, 6) is 0.461. The zero-order chi connectivity index (χ0) is 20.9. The molecule has 150 valence electrons. The van der Waals surface area contributed by atoms with Crippen LogP contribution in [0.5, 0.6) is 0 Å². The van der Waals surface area contributed by atoms with E-state index in [0.29, 0.717) is 28.3 Å². The number of sulfone groups is 1. The number of H-pyrrole nitrogens is 1. The van der Waals surface area contributed by atoms with Crippen LogP contribution in [0.15, 0.2) is 69.7 Å². The van der Waals surface area contributed by atoms with Crippen molar-refractivity contribution in [3.63, 3.8) is 0 Å². The van der Waals surface area contributed by atoms with Crippen molar-refractivity contribution in [2.75, 3.05) is 5.32 Å². The van der Waals surface area contributed by atoms with E-state index in [9.17, 15) is 13.2 Å². The van der Waals surface area contributed by atoms with Gasteiger partial charge < -0.3 is 10.3 Å². The van der Waals surface area contributed by atoms with E-state index in [1.54, 1.807) is 0 Å². The van der Waals surface area contributed by atoms with Gasteiger partial charge in [0.15, 0.2) is 5.12 Å². The van der Waals surface area contributed by atoms with Crippen molar-refractivity contribution in [1.29, 1.82) is 0 Å². The second-order valence-electron chi connectivity index (χ2n) is 6.67. The monoisotopic (exact) mass is 456 g/mol. The molecule has 5 rings (SSSR count). The van der Waals surface area contributed by atoms with E-state index < -0.39 is 9.84 Å². The van der Waals surface area contributed by atoms with E-state index in [1.165, 1.54) is 48.4 Å². The molecule has 0 spiro atoms. The van der Waals surface area contributed by atoms with Gasteiger partial charge in [0.25, 0.3) is 0 Å². The highest BCUT2D eigenvalue weighted by Gasteiger charge is 2.22. The van der Waals surface area contributed by atoms with E-state index in [1.807, 2.05) is 18.2 Å². The lowest BCUT2D eigenvalue weighted by Gasteiger charge is -2.07. The smallest absolute Gasteiger partial charge is 0.221 e. The van der Waals surface area contributed by atoms with Crippen LogP contribution in [0.2, 0.25) is 5.02 Å². The molecule has 2 N–H and O–H groups in total. The molecular formula is C20H13ClN4O3S2. The molecule has 30 heavy (non-hydrogen) atoms. The molecule has 0 bridgehead atoms. The van der Waals surface area contributed by atoms with Gasteiger partial charge in [-0.25, -0.2) is 18.4 Å². The predicted molar refractivity (Wildman–Crippen MR) is 115 cm³/mol. The Morgan fingerprint density at radius 1 is 1.07 bits per heavy atom. The predicted octanol–water partition coefficient (Wildman–Crippen LogP) is 4.36. The van der Waals surface area contributed by atoms with Crippen molar-refractivity contribution in [2.45, 2.75) is 21.2 Å². The Morgan fingerprint density at radius 2 is 1.87 bits per heavy atom. The molecule has 1 aliphatic rings. The van der Waals surface area contributed by atoms with Crippen LogP contribution in [0.3, 0.4) is 0 Å². The number of fused-ring (bicyclic) bond motifs is 2. The quantitative estimate of drug-likeness (QED) is 0.470. The van der Waals surface area contributed by atoms with Crippen LogP contribution >= 0.6 is 23.4 Å². The third-order valence-electron chi connectivity index (χ3n) is 4.70. The van der Waals surface area contributed by atoms with E-state index in [0.717, 1.165) is 16.1 Å². The number of nitrogens with one attached hydrogen (secondary N) is 2. The highest BCUT2D eigenvalue weighted by atomic mass is 35.5. The van der Waals surface area contributed by atoms with Crippen LogP contribution in [-0.4, -0.2) is 28.5 Å². The maximum atomic E-state index is 13.0. The summed E-state index contributed by atoms with van der Waals surface area (Å²) in [5, 5.41) is 4.32. The lowest BCUT2D eigenvalue weighted by Crippen LogP contribution is -2.01. The minimum Gasteiger partial charge on any atom is -0.340 e. The molecule has 0 saturated carbocycles. The lowest BCUT2D eigenvalue weighted by atomic mass is 10.1. The first-order chi connectivity index (χ1) is 14.4. The number of hydrogen-bond donors (Lipinski definition) is 2. The fraction of sp³-hybridized carbons (Fsp3) is 0.0500. The second-order valence-corrected chi connectivity index (χ2v) is 10.1. The number of nitrogens with zero attached hydrogens (tertiary/aromatic N) is 2. The number of anilines is 2. The summed E-state index contributed by atoms with van der Waals surface area (Å²) in [4.78, 5) is 23.9. The van der Waals surface area contributed by atoms with Gasteiger partial charge in [-0.1, -0.05) is 29.4 Å². The summed E-state index contributed by atoms with van der Waals surface area (Å²) < 4.78 is 25.9. The highest BCUT2D eigenvalue weighted by molar-refractivity contribution is 8.14. The van der Waals surface area contributed by atoms with E-state index in [4.69, 9.17) is 11.6 Å². The number of aromatic amines is 1. The maximum Gasteiger partial charge on any atom is 0.221 e. The van der Waals surface area contributed by atoms with Gasteiger partial charge in [-0.15, -0.1) is 0 Å². The van der Waals surface area contributed by atoms with Crippen LogP contribution in [0.25, 0.3) is 11.0 Å². The van der Waals surface area contributed by atoms with Crippen LogP contribution in [-0.2, 0) is 21.1 Å². The first-order valence-corrected chi connectivity index (χ1v) is 11.5. The fourth-order valence-electron chi connectivity index (χ4n) is 3.23. The topological polar surface area (TPSA) is 105 Å². The third kappa shape index (κ3) is 3.34. The fourth-order valence-corrected chi connectivity index (χ4v) is 5.53. The molecule has 0 atom stereocenters. The number of hydrogen-bond acceptors (Lipinski definition) is 7. The Bertz CT molecular complexity index is 1420. The molecule has 4 aromatic rings. The van der Waals surface area contributed by atoms with Gasteiger partial charge in [0.2, 0.25) is 9.84 Å². The van der Waals surface area contributed by atoms with Crippen molar-refractivity contribution < 1.29 is 13.2 Å². The Balaban J connectivity index is 1.52. The first-order valence-electron chi connectivity index (χ1n) is 8.85. The molecule has 1 aliphatic heterocycles.